The lowest BCUT2D eigenvalue weighted by Crippen LogP contribution is -2.46. The zero-order valence-corrected chi connectivity index (χ0v) is 18.4. The van der Waals surface area contributed by atoms with E-state index in [1.54, 1.807) is 0 Å². The normalized spacial score (nSPS) is 17.5. The minimum atomic E-state index is 0.129. The molecule has 160 valence electrons. The second kappa shape index (κ2) is 10.8. The van der Waals surface area contributed by atoms with Crippen LogP contribution in [0.4, 0.5) is 5.69 Å². The lowest BCUT2D eigenvalue weighted by atomic mass is 10.2. The van der Waals surface area contributed by atoms with E-state index >= 15 is 0 Å². The van der Waals surface area contributed by atoms with Crippen LogP contribution in [0.15, 0.2) is 59.5 Å². The Labute approximate surface area is 184 Å². The molecule has 6 heteroatoms. The van der Waals surface area contributed by atoms with Crippen LogP contribution < -0.4 is 10.2 Å². The van der Waals surface area contributed by atoms with Gasteiger partial charge in [0.05, 0.1) is 12.2 Å². The number of benzene rings is 2. The zero-order valence-electron chi connectivity index (χ0n) is 17.6. The fourth-order valence-electron chi connectivity index (χ4n) is 4.16. The molecule has 0 unspecified atom stereocenters. The maximum Gasteiger partial charge on any atom is 0.239 e. The summed E-state index contributed by atoms with van der Waals surface area (Å²) in [5.41, 5.74) is 2.58. The van der Waals surface area contributed by atoms with Crippen molar-refractivity contribution in [3.8, 4) is 0 Å². The van der Waals surface area contributed by atoms with E-state index in [0.29, 0.717) is 6.54 Å². The van der Waals surface area contributed by atoms with Crippen LogP contribution in [0.2, 0.25) is 0 Å². The highest BCUT2D eigenvalue weighted by molar-refractivity contribution is 7.99. The van der Waals surface area contributed by atoms with Gasteiger partial charge in [0, 0.05) is 56.5 Å². The highest BCUT2D eigenvalue weighted by Crippen LogP contribution is 2.33. The van der Waals surface area contributed by atoms with Crippen molar-refractivity contribution < 1.29 is 4.79 Å². The van der Waals surface area contributed by atoms with E-state index in [-0.39, 0.29) is 5.91 Å². The van der Waals surface area contributed by atoms with Crippen LogP contribution in [0.5, 0.6) is 0 Å². The van der Waals surface area contributed by atoms with Gasteiger partial charge in [-0.15, -0.1) is 11.8 Å². The summed E-state index contributed by atoms with van der Waals surface area (Å²) < 4.78 is 0. The fourth-order valence-corrected chi connectivity index (χ4v) is 5.21. The smallest absolute Gasteiger partial charge is 0.239 e. The van der Waals surface area contributed by atoms with Gasteiger partial charge in [-0.25, -0.2) is 0 Å². The van der Waals surface area contributed by atoms with Crippen molar-refractivity contribution in [2.24, 2.45) is 0 Å². The SMILES string of the molecule is O=C(CN1CCSc2ccccc21)NCCCN1CCN(Cc2ccccc2)CC1. The van der Waals surface area contributed by atoms with E-state index in [2.05, 4.69) is 74.6 Å². The molecule has 0 spiro atoms. The van der Waals surface area contributed by atoms with E-state index < -0.39 is 0 Å². The molecule has 2 aliphatic rings. The zero-order chi connectivity index (χ0) is 20.6. The molecule has 2 aromatic rings. The minimum Gasteiger partial charge on any atom is -0.360 e. The number of anilines is 1. The molecular formula is C24H32N4OS. The van der Waals surface area contributed by atoms with Crippen LogP contribution in [-0.2, 0) is 11.3 Å². The van der Waals surface area contributed by atoms with Crippen LogP contribution in [-0.4, -0.2) is 73.8 Å². The summed E-state index contributed by atoms with van der Waals surface area (Å²) in [6, 6.07) is 19.1. The molecule has 30 heavy (non-hydrogen) atoms. The van der Waals surface area contributed by atoms with Crippen LogP contribution in [0, 0.1) is 0 Å². The quantitative estimate of drug-likeness (QED) is 0.660. The molecule has 1 amide bonds. The lowest BCUT2D eigenvalue weighted by Gasteiger charge is -2.34. The highest BCUT2D eigenvalue weighted by Gasteiger charge is 2.19. The number of nitrogens with zero attached hydrogens (tertiary/aromatic N) is 3. The summed E-state index contributed by atoms with van der Waals surface area (Å²) in [6.45, 7) is 8.71. The van der Waals surface area contributed by atoms with E-state index in [1.165, 1.54) is 16.1 Å². The predicted octanol–water partition coefficient (Wildman–Crippen LogP) is 2.92. The summed E-state index contributed by atoms with van der Waals surface area (Å²) in [5, 5.41) is 3.12. The molecule has 0 bridgehead atoms. The molecule has 0 aliphatic carbocycles. The van der Waals surface area contributed by atoms with E-state index in [4.69, 9.17) is 0 Å². The topological polar surface area (TPSA) is 38.8 Å². The molecule has 0 atom stereocenters. The highest BCUT2D eigenvalue weighted by atomic mass is 32.2. The van der Waals surface area contributed by atoms with Gasteiger partial charge in [0.15, 0.2) is 0 Å². The first-order valence-corrected chi connectivity index (χ1v) is 12.0. The van der Waals surface area contributed by atoms with Crippen molar-refractivity contribution in [2.45, 2.75) is 17.9 Å². The van der Waals surface area contributed by atoms with Crippen molar-refractivity contribution in [1.29, 1.82) is 0 Å². The van der Waals surface area contributed by atoms with Crippen LogP contribution in [0.1, 0.15) is 12.0 Å². The van der Waals surface area contributed by atoms with Crippen molar-refractivity contribution in [2.75, 3.05) is 63.0 Å². The number of hydrogen-bond acceptors (Lipinski definition) is 5. The molecule has 0 saturated carbocycles. The second-order valence-electron chi connectivity index (χ2n) is 8.04. The van der Waals surface area contributed by atoms with E-state index in [1.807, 2.05) is 11.8 Å². The van der Waals surface area contributed by atoms with Gasteiger partial charge in [-0.2, -0.15) is 0 Å². The summed E-state index contributed by atoms with van der Waals surface area (Å²) in [5.74, 6) is 1.17. The van der Waals surface area contributed by atoms with E-state index in [9.17, 15) is 4.79 Å². The summed E-state index contributed by atoms with van der Waals surface area (Å²) in [7, 11) is 0. The number of para-hydroxylation sites is 1. The number of fused-ring (bicyclic) bond motifs is 1. The maximum atomic E-state index is 12.4. The fraction of sp³-hybridized carbons (Fsp3) is 0.458. The average Bonchev–Trinajstić information content (AvgIpc) is 2.79. The molecular weight excluding hydrogens is 392 g/mol. The predicted molar refractivity (Wildman–Crippen MR) is 125 cm³/mol. The number of piperazine rings is 1. The number of carbonyl (C=O) groups is 1. The van der Waals surface area contributed by atoms with Crippen molar-refractivity contribution in [1.82, 2.24) is 15.1 Å². The maximum absolute atomic E-state index is 12.4. The molecule has 1 fully saturated rings. The van der Waals surface area contributed by atoms with Crippen molar-refractivity contribution >= 4 is 23.4 Å². The first kappa shape index (κ1) is 21.2. The summed E-state index contributed by atoms with van der Waals surface area (Å²) in [4.78, 5) is 20.9. The van der Waals surface area contributed by atoms with Gasteiger partial charge in [-0.05, 0) is 30.7 Å². The van der Waals surface area contributed by atoms with Gasteiger partial charge in [0.2, 0.25) is 5.91 Å². The van der Waals surface area contributed by atoms with Crippen molar-refractivity contribution in [3.05, 3.63) is 60.2 Å². The van der Waals surface area contributed by atoms with Crippen LogP contribution in [0.25, 0.3) is 0 Å². The Morgan fingerprint density at radius 1 is 0.900 bits per heavy atom. The minimum absolute atomic E-state index is 0.129. The molecule has 2 aromatic carbocycles. The average molecular weight is 425 g/mol. The first-order chi connectivity index (χ1) is 14.8. The van der Waals surface area contributed by atoms with Gasteiger partial charge in [-0.3, -0.25) is 9.69 Å². The Bertz CT molecular complexity index is 808. The summed E-state index contributed by atoms with van der Waals surface area (Å²) >= 11 is 1.87. The van der Waals surface area contributed by atoms with E-state index in [0.717, 1.165) is 64.5 Å². The molecule has 4 rings (SSSR count). The Morgan fingerprint density at radius 3 is 2.47 bits per heavy atom. The number of nitrogens with one attached hydrogen (secondary N) is 1. The summed E-state index contributed by atoms with van der Waals surface area (Å²) in [6.07, 6.45) is 1.01. The lowest BCUT2D eigenvalue weighted by molar-refractivity contribution is -0.119. The Hall–Kier alpha value is -2.02. The second-order valence-corrected chi connectivity index (χ2v) is 9.18. The standard InChI is InChI=1S/C24H32N4OS/c29-24(20-28-17-18-30-23-10-5-4-9-22(23)28)25-11-6-12-26-13-15-27(16-14-26)19-21-7-2-1-3-8-21/h1-5,7-10H,6,11-20H2,(H,25,29). The number of thioether (sulfide) groups is 1. The van der Waals surface area contributed by atoms with Gasteiger partial charge < -0.3 is 15.1 Å². The molecule has 5 nitrogen and oxygen atoms in total. The van der Waals surface area contributed by atoms with Crippen LogP contribution in [0.3, 0.4) is 0 Å². The third-order valence-corrected chi connectivity index (χ3v) is 6.89. The first-order valence-electron chi connectivity index (χ1n) is 11.0. The van der Waals surface area contributed by atoms with Gasteiger partial charge >= 0.3 is 0 Å². The Balaban J connectivity index is 1.11. The molecule has 1 saturated heterocycles. The monoisotopic (exact) mass is 424 g/mol. The number of hydrogen-bond donors (Lipinski definition) is 1. The Kier molecular flexibility index (Phi) is 7.67. The van der Waals surface area contributed by atoms with Gasteiger partial charge in [0.1, 0.15) is 0 Å². The number of carbonyl (C=O) groups excluding carboxylic acids is 1. The molecule has 0 radical (unpaired) electrons. The van der Waals surface area contributed by atoms with Gasteiger partial charge in [-0.1, -0.05) is 42.5 Å². The Morgan fingerprint density at radius 2 is 1.63 bits per heavy atom. The third kappa shape index (κ3) is 6.00. The number of amides is 1. The largest absolute Gasteiger partial charge is 0.360 e. The number of rotatable bonds is 8. The molecule has 2 aliphatic heterocycles. The molecule has 2 heterocycles. The van der Waals surface area contributed by atoms with Gasteiger partial charge in [0.25, 0.3) is 0 Å². The van der Waals surface area contributed by atoms with Crippen molar-refractivity contribution in [3.63, 3.8) is 0 Å². The third-order valence-electron chi connectivity index (χ3n) is 5.85. The molecule has 1 N–H and O–H groups in total. The molecule has 0 aromatic heterocycles. The van der Waals surface area contributed by atoms with Crippen LogP contribution >= 0.6 is 11.8 Å².